The molecule has 2 nitrogen and oxygen atoms in total. The van der Waals surface area contributed by atoms with E-state index in [2.05, 4.69) is 20.8 Å². The summed E-state index contributed by atoms with van der Waals surface area (Å²) in [4.78, 5) is 0. The van der Waals surface area contributed by atoms with Gasteiger partial charge in [0.05, 0.1) is 0 Å². The summed E-state index contributed by atoms with van der Waals surface area (Å²) in [6.45, 7) is 8.13. The lowest BCUT2D eigenvalue weighted by molar-refractivity contribution is 0.195. The molecule has 0 heterocycles. The van der Waals surface area contributed by atoms with E-state index in [1.165, 1.54) is 44.9 Å². The van der Waals surface area contributed by atoms with Gasteiger partial charge < -0.3 is 8.85 Å². The van der Waals surface area contributed by atoms with Gasteiger partial charge in [-0.25, -0.2) is 0 Å². The Hall–Kier alpha value is 0.137. The standard InChI is InChI=1S/C14H30O2Si/c1-4-7-8-10-13-11-9-12-14(13)17(15-5-2)16-6-3/h13-14,17H,4-12H2,1-3H3. The second-order valence-corrected chi connectivity index (χ2v) is 7.39. The van der Waals surface area contributed by atoms with Crippen LogP contribution >= 0.6 is 0 Å². The molecule has 0 spiro atoms. The molecular weight excluding hydrogens is 228 g/mol. The summed E-state index contributed by atoms with van der Waals surface area (Å²) in [6, 6.07) is 0. The van der Waals surface area contributed by atoms with Gasteiger partial charge in [-0.3, -0.25) is 0 Å². The topological polar surface area (TPSA) is 18.5 Å². The monoisotopic (exact) mass is 258 g/mol. The van der Waals surface area contributed by atoms with E-state index in [0.717, 1.165) is 24.7 Å². The molecule has 0 aromatic carbocycles. The second-order valence-electron chi connectivity index (χ2n) is 5.13. The van der Waals surface area contributed by atoms with Crippen molar-refractivity contribution >= 4 is 9.28 Å². The molecule has 1 fully saturated rings. The average molecular weight is 258 g/mol. The van der Waals surface area contributed by atoms with Crippen LogP contribution in [0, 0.1) is 5.92 Å². The first-order valence-corrected chi connectivity index (χ1v) is 9.17. The van der Waals surface area contributed by atoms with E-state index in [1.54, 1.807) is 0 Å². The first kappa shape index (κ1) is 15.2. The first-order valence-electron chi connectivity index (χ1n) is 7.56. The van der Waals surface area contributed by atoms with Crippen molar-refractivity contribution in [3.8, 4) is 0 Å². The van der Waals surface area contributed by atoms with Gasteiger partial charge in [-0.1, -0.05) is 45.4 Å². The Labute approximate surface area is 109 Å². The normalized spacial score (nSPS) is 24.7. The van der Waals surface area contributed by atoms with E-state index < -0.39 is 9.28 Å². The number of rotatable bonds is 9. The molecule has 0 N–H and O–H groups in total. The quantitative estimate of drug-likeness (QED) is 0.459. The third kappa shape index (κ3) is 5.10. The minimum atomic E-state index is -1.40. The van der Waals surface area contributed by atoms with Crippen LogP contribution < -0.4 is 0 Å². The van der Waals surface area contributed by atoms with Crippen LogP contribution in [0.2, 0.25) is 5.54 Å². The summed E-state index contributed by atoms with van der Waals surface area (Å²) in [5.74, 6) is 0.899. The van der Waals surface area contributed by atoms with Gasteiger partial charge in [-0.05, 0) is 26.2 Å². The van der Waals surface area contributed by atoms with Gasteiger partial charge in [0.2, 0.25) is 0 Å². The molecule has 1 saturated carbocycles. The number of hydrogen-bond acceptors (Lipinski definition) is 2. The van der Waals surface area contributed by atoms with Crippen molar-refractivity contribution in [2.75, 3.05) is 13.2 Å². The zero-order valence-electron chi connectivity index (χ0n) is 11.9. The van der Waals surface area contributed by atoms with Crippen LogP contribution in [0.3, 0.4) is 0 Å². The van der Waals surface area contributed by atoms with Crippen molar-refractivity contribution in [1.82, 2.24) is 0 Å². The van der Waals surface area contributed by atoms with Crippen LogP contribution in [-0.2, 0) is 8.85 Å². The highest BCUT2D eigenvalue weighted by atomic mass is 28.3. The Balaban J connectivity index is 2.41. The van der Waals surface area contributed by atoms with Gasteiger partial charge in [0, 0.05) is 18.8 Å². The van der Waals surface area contributed by atoms with Gasteiger partial charge in [0.1, 0.15) is 0 Å². The molecule has 102 valence electrons. The molecule has 2 atom stereocenters. The maximum Gasteiger partial charge on any atom is 0.324 e. The third-order valence-electron chi connectivity index (χ3n) is 3.91. The molecule has 1 rings (SSSR count). The highest BCUT2D eigenvalue weighted by molar-refractivity contribution is 6.46. The fourth-order valence-corrected chi connectivity index (χ4v) is 5.65. The molecule has 0 amide bonds. The number of hydrogen-bond donors (Lipinski definition) is 0. The van der Waals surface area contributed by atoms with Gasteiger partial charge in [0.25, 0.3) is 0 Å². The maximum atomic E-state index is 5.92. The summed E-state index contributed by atoms with van der Waals surface area (Å²) in [7, 11) is -1.40. The van der Waals surface area contributed by atoms with E-state index >= 15 is 0 Å². The first-order chi connectivity index (χ1) is 8.33. The summed E-state index contributed by atoms with van der Waals surface area (Å²) in [5, 5.41) is 0. The SMILES string of the molecule is CCCCCC1CCCC1[SiH](OCC)OCC. The van der Waals surface area contributed by atoms with Gasteiger partial charge in [-0.15, -0.1) is 0 Å². The van der Waals surface area contributed by atoms with E-state index in [9.17, 15) is 0 Å². The zero-order chi connectivity index (χ0) is 12.5. The zero-order valence-corrected chi connectivity index (χ0v) is 13.1. The van der Waals surface area contributed by atoms with Crippen LogP contribution in [-0.4, -0.2) is 22.5 Å². The van der Waals surface area contributed by atoms with Crippen LogP contribution in [0.25, 0.3) is 0 Å². The fourth-order valence-electron chi connectivity index (χ4n) is 3.06. The number of unbranched alkanes of at least 4 members (excludes halogenated alkanes) is 2. The van der Waals surface area contributed by atoms with Gasteiger partial charge >= 0.3 is 9.28 Å². The Morgan fingerprint density at radius 3 is 2.29 bits per heavy atom. The lowest BCUT2D eigenvalue weighted by Crippen LogP contribution is -2.31. The van der Waals surface area contributed by atoms with Crippen molar-refractivity contribution in [2.24, 2.45) is 5.92 Å². The van der Waals surface area contributed by atoms with E-state index in [1.807, 2.05) is 0 Å². The maximum absolute atomic E-state index is 5.92. The molecule has 0 bridgehead atoms. The largest absolute Gasteiger partial charge is 0.397 e. The summed E-state index contributed by atoms with van der Waals surface area (Å²) >= 11 is 0. The van der Waals surface area contributed by atoms with Crippen LogP contribution in [0.5, 0.6) is 0 Å². The predicted octanol–water partition coefficient (Wildman–Crippen LogP) is 4.03. The van der Waals surface area contributed by atoms with Gasteiger partial charge in [0.15, 0.2) is 0 Å². The molecular formula is C14H30O2Si. The van der Waals surface area contributed by atoms with Crippen molar-refractivity contribution < 1.29 is 8.85 Å². The molecule has 0 aromatic rings. The van der Waals surface area contributed by atoms with E-state index in [0.29, 0.717) is 0 Å². The minimum absolute atomic E-state index is 0.784. The Bertz CT molecular complexity index is 181. The van der Waals surface area contributed by atoms with Crippen molar-refractivity contribution in [2.45, 2.75) is 71.3 Å². The highest BCUT2D eigenvalue weighted by Gasteiger charge is 2.36. The molecule has 0 aromatic heterocycles. The lowest BCUT2D eigenvalue weighted by Gasteiger charge is -2.26. The Kier molecular flexibility index (Phi) is 8.15. The lowest BCUT2D eigenvalue weighted by atomic mass is 10.00. The molecule has 0 aliphatic heterocycles. The summed E-state index contributed by atoms with van der Waals surface area (Å²) in [5.41, 5.74) is 0.784. The fraction of sp³-hybridized carbons (Fsp3) is 1.00. The van der Waals surface area contributed by atoms with E-state index in [-0.39, 0.29) is 0 Å². The highest BCUT2D eigenvalue weighted by Crippen LogP contribution is 2.42. The molecule has 2 unspecified atom stereocenters. The van der Waals surface area contributed by atoms with Crippen molar-refractivity contribution in [3.05, 3.63) is 0 Å². The van der Waals surface area contributed by atoms with Crippen LogP contribution in [0.1, 0.15) is 65.7 Å². The van der Waals surface area contributed by atoms with Crippen molar-refractivity contribution in [3.63, 3.8) is 0 Å². The smallest absolute Gasteiger partial charge is 0.324 e. The molecule has 0 saturated heterocycles. The molecule has 17 heavy (non-hydrogen) atoms. The molecule has 0 radical (unpaired) electrons. The molecule has 1 aliphatic rings. The predicted molar refractivity (Wildman–Crippen MR) is 75.6 cm³/mol. The third-order valence-corrected chi connectivity index (χ3v) is 6.81. The minimum Gasteiger partial charge on any atom is -0.397 e. The van der Waals surface area contributed by atoms with Crippen molar-refractivity contribution in [1.29, 1.82) is 0 Å². The second kappa shape index (κ2) is 9.12. The Morgan fingerprint density at radius 1 is 1.00 bits per heavy atom. The van der Waals surface area contributed by atoms with Gasteiger partial charge in [-0.2, -0.15) is 0 Å². The molecule has 1 aliphatic carbocycles. The van der Waals surface area contributed by atoms with Crippen LogP contribution in [0.15, 0.2) is 0 Å². The Morgan fingerprint density at radius 2 is 1.71 bits per heavy atom. The average Bonchev–Trinajstić information content (AvgIpc) is 2.77. The van der Waals surface area contributed by atoms with Crippen LogP contribution in [0.4, 0.5) is 0 Å². The molecule has 3 heteroatoms. The van der Waals surface area contributed by atoms with E-state index in [4.69, 9.17) is 8.85 Å². The summed E-state index contributed by atoms with van der Waals surface area (Å²) in [6.07, 6.45) is 9.68. The summed E-state index contributed by atoms with van der Waals surface area (Å²) < 4.78 is 11.8.